The van der Waals surface area contributed by atoms with E-state index in [1.54, 1.807) is 13.0 Å². The highest BCUT2D eigenvalue weighted by molar-refractivity contribution is 5.54. The van der Waals surface area contributed by atoms with Gasteiger partial charge in [0.1, 0.15) is 0 Å². The molecule has 1 aliphatic carbocycles. The van der Waals surface area contributed by atoms with Gasteiger partial charge in [-0.3, -0.25) is 10.1 Å². The van der Waals surface area contributed by atoms with Gasteiger partial charge in [0.2, 0.25) is 0 Å². The summed E-state index contributed by atoms with van der Waals surface area (Å²) in [6.45, 7) is 8.71. The molecule has 0 saturated heterocycles. The molecule has 0 radical (unpaired) electrons. The lowest BCUT2D eigenvalue weighted by atomic mass is 9.69. The Morgan fingerprint density at radius 2 is 1.90 bits per heavy atom. The largest absolute Gasteiger partial charge is 0.382 e. The molecule has 0 aromatic heterocycles. The zero-order valence-corrected chi connectivity index (χ0v) is 13.5. The van der Waals surface area contributed by atoms with Gasteiger partial charge in [0.15, 0.2) is 0 Å². The van der Waals surface area contributed by atoms with Crippen LogP contribution in [0.3, 0.4) is 0 Å². The lowest BCUT2D eigenvalue weighted by Gasteiger charge is -2.41. The summed E-state index contributed by atoms with van der Waals surface area (Å²) in [6.07, 6.45) is 5.00. The number of nitrogens with zero attached hydrogens (tertiary/aromatic N) is 1. The van der Waals surface area contributed by atoms with Gasteiger partial charge in [-0.05, 0) is 43.2 Å². The van der Waals surface area contributed by atoms with Crippen molar-refractivity contribution in [2.75, 3.05) is 5.32 Å². The molecular weight excluding hydrogens is 264 g/mol. The third kappa shape index (κ3) is 3.74. The third-order valence-electron chi connectivity index (χ3n) is 4.62. The summed E-state index contributed by atoms with van der Waals surface area (Å²) in [6, 6.07) is 5.79. The number of nitrogens with one attached hydrogen (secondary N) is 1. The van der Waals surface area contributed by atoms with Crippen molar-refractivity contribution in [3.8, 4) is 0 Å². The van der Waals surface area contributed by atoms with E-state index >= 15 is 0 Å². The predicted octanol–water partition coefficient (Wildman–Crippen LogP) is 4.92. The lowest BCUT2D eigenvalue weighted by Crippen LogP contribution is -2.39. The Morgan fingerprint density at radius 1 is 1.24 bits per heavy atom. The number of aryl methyl sites for hydroxylation is 1. The Kier molecular flexibility index (Phi) is 4.55. The molecule has 0 spiro atoms. The smallest absolute Gasteiger partial charge is 0.272 e. The minimum Gasteiger partial charge on any atom is -0.382 e. The van der Waals surface area contributed by atoms with Gasteiger partial charge in [-0.2, -0.15) is 0 Å². The number of anilines is 1. The molecule has 0 bridgehead atoms. The maximum absolute atomic E-state index is 10.9. The molecule has 2 unspecified atom stereocenters. The summed E-state index contributed by atoms with van der Waals surface area (Å²) in [5.74, 6) is 0.641. The average molecular weight is 290 g/mol. The highest BCUT2D eigenvalue weighted by atomic mass is 16.6. The van der Waals surface area contributed by atoms with Crippen LogP contribution >= 0.6 is 0 Å². The Balaban J connectivity index is 2.16. The van der Waals surface area contributed by atoms with Crippen LogP contribution in [0.25, 0.3) is 0 Å². The molecule has 21 heavy (non-hydrogen) atoms. The Bertz CT molecular complexity index is 520. The predicted molar refractivity (Wildman–Crippen MR) is 86.7 cm³/mol. The van der Waals surface area contributed by atoms with Crippen LogP contribution < -0.4 is 5.32 Å². The zero-order chi connectivity index (χ0) is 15.6. The fourth-order valence-electron chi connectivity index (χ4n) is 3.50. The number of nitro groups is 1. The van der Waals surface area contributed by atoms with Crippen molar-refractivity contribution in [3.63, 3.8) is 0 Å². The van der Waals surface area contributed by atoms with Crippen LogP contribution in [-0.4, -0.2) is 11.0 Å². The number of benzene rings is 1. The first-order chi connectivity index (χ1) is 9.79. The van der Waals surface area contributed by atoms with E-state index in [-0.39, 0.29) is 16.0 Å². The zero-order valence-electron chi connectivity index (χ0n) is 13.5. The van der Waals surface area contributed by atoms with Crippen molar-refractivity contribution >= 4 is 11.4 Å². The topological polar surface area (TPSA) is 55.2 Å². The quantitative estimate of drug-likeness (QED) is 0.635. The fourth-order valence-corrected chi connectivity index (χ4v) is 3.50. The molecule has 0 aliphatic heterocycles. The Morgan fingerprint density at radius 3 is 2.48 bits per heavy atom. The fraction of sp³-hybridized carbons (Fsp3) is 0.647. The maximum Gasteiger partial charge on any atom is 0.272 e. The first kappa shape index (κ1) is 15.8. The summed E-state index contributed by atoms with van der Waals surface area (Å²) >= 11 is 0. The highest BCUT2D eigenvalue weighted by Crippen LogP contribution is 2.39. The highest BCUT2D eigenvalue weighted by Gasteiger charge is 2.34. The molecule has 1 aromatic rings. The minimum absolute atomic E-state index is 0.191. The molecule has 2 rings (SSSR count). The van der Waals surface area contributed by atoms with E-state index in [4.69, 9.17) is 0 Å². The van der Waals surface area contributed by atoms with Crippen LogP contribution in [0.5, 0.6) is 0 Å². The van der Waals surface area contributed by atoms with Crippen LogP contribution in [0.2, 0.25) is 0 Å². The first-order valence-electron chi connectivity index (χ1n) is 7.80. The van der Waals surface area contributed by atoms with Crippen molar-refractivity contribution in [3.05, 3.63) is 33.9 Å². The first-order valence-corrected chi connectivity index (χ1v) is 7.80. The molecule has 0 amide bonds. The molecule has 4 nitrogen and oxygen atoms in total. The second kappa shape index (κ2) is 6.04. The second-order valence-corrected chi connectivity index (χ2v) is 7.27. The monoisotopic (exact) mass is 290 g/mol. The van der Waals surface area contributed by atoms with Crippen LogP contribution in [0.15, 0.2) is 18.2 Å². The van der Waals surface area contributed by atoms with Gasteiger partial charge >= 0.3 is 0 Å². The molecule has 1 saturated carbocycles. The van der Waals surface area contributed by atoms with Gasteiger partial charge in [0, 0.05) is 23.4 Å². The van der Waals surface area contributed by atoms with E-state index in [0.29, 0.717) is 17.5 Å². The molecule has 116 valence electrons. The Hall–Kier alpha value is -1.58. The van der Waals surface area contributed by atoms with Crippen molar-refractivity contribution in [1.29, 1.82) is 0 Å². The van der Waals surface area contributed by atoms with Crippen molar-refractivity contribution < 1.29 is 4.92 Å². The van der Waals surface area contributed by atoms with Gasteiger partial charge in [0.05, 0.1) is 4.92 Å². The number of hydrogen-bond donors (Lipinski definition) is 1. The van der Waals surface area contributed by atoms with Gasteiger partial charge in [0.25, 0.3) is 5.69 Å². The van der Waals surface area contributed by atoms with E-state index < -0.39 is 0 Å². The second-order valence-electron chi connectivity index (χ2n) is 7.27. The summed E-state index contributed by atoms with van der Waals surface area (Å²) in [7, 11) is 0. The molecule has 1 aliphatic rings. The van der Waals surface area contributed by atoms with Crippen LogP contribution in [0.4, 0.5) is 11.4 Å². The van der Waals surface area contributed by atoms with E-state index in [9.17, 15) is 10.1 Å². The van der Waals surface area contributed by atoms with E-state index in [2.05, 4.69) is 26.1 Å². The Labute approximate surface area is 127 Å². The molecular formula is C17H26N2O2. The van der Waals surface area contributed by atoms with Crippen LogP contribution in [0, 0.1) is 28.4 Å². The summed E-state index contributed by atoms with van der Waals surface area (Å²) in [5, 5.41) is 14.5. The normalized spacial score (nSPS) is 22.9. The number of nitro benzene ring substituents is 1. The van der Waals surface area contributed by atoms with Gasteiger partial charge < -0.3 is 5.32 Å². The van der Waals surface area contributed by atoms with E-state index in [0.717, 1.165) is 5.69 Å². The number of rotatable bonds is 3. The van der Waals surface area contributed by atoms with E-state index in [1.807, 2.05) is 12.1 Å². The molecule has 1 fully saturated rings. The molecule has 2 atom stereocenters. The lowest BCUT2D eigenvalue weighted by molar-refractivity contribution is -0.385. The van der Waals surface area contributed by atoms with Gasteiger partial charge in [-0.1, -0.05) is 33.6 Å². The van der Waals surface area contributed by atoms with Crippen molar-refractivity contribution in [2.45, 2.75) is 59.4 Å². The van der Waals surface area contributed by atoms with E-state index in [1.165, 1.54) is 25.7 Å². The van der Waals surface area contributed by atoms with Crippen LogP contribution in [-0.2, 0) is 0 Å². The van der Waals surface area contributed by atoms with Gasteiger partial charge in [-0.25, -0.2) is 0 Å². The molecule has 0 heterocycles. The minimum atomic E-state index is -0.322. The van der Waals surface area contributed by atoms with Crippen LogP contribution in [0.1, 0.15) is 52.0 Å². The standard InChI is InChI=1S/C17H26N2O2/c1-12-11-13(9-10-16(12)19(20)21)18-15-8-6-5-7-14(15)17(2,3)4/h9-11,14-15,18H,5-8H2,1-4H3. The average Bonchev–Trinajstić information content (AvgIpc) is 2.37. The third-order valence-corrected chi connectivity index (χ3v) is 4.62. The molecule has 1 N–H and O–H groups in total. The van der Waals surface area contributed by atoms with Crippen molar-refractivity contribution in [1.82, 2.24) is 0 Å². The SMILES string of the molecule is Cc1cc(NC2CCCCC2C(C)(C)C)ccc1[N+](=O)[O-]. The van der Waals surface area contributed by atoms with Crippen molar-refractivity contribution in [2.24, 2.45) is 11.3 Å². The maximum atomic E-state index is 10.9. The summed E-state index contributed by atoms with van der Waals surface area (Å²) < 4.78 is 0. The molecule has 4 heteroatoms. The van der Waals surface area contributed by atoms with Gasteiger partial charge in [-0.15, -0.1) is 0 Å². The summed E-state index contributed by atoms with van der Waals surface area (Å²) in [5.41, 5.74) is 2.19. The number of hydrogen-bond acceptors (Lipinski definition) is 3. The summed E-state index contributed by atoms with van der Waals surface area (Å²) in [4.78, 5) is 10.6. The molecule has 1 aromatic carbocycles.